The molecule has 5 aliphatic carbocycles. The molecule has 0 aromatic heterocycles. The van der Waals surface area contributed by atoms with E-state index in [4.69, 9.17) is 4.74 Å². The van der Waals surface area contributed by atoms with E-state index < -0.39 is 17.2 Å². The molecule has 6 fully saturated rings. The third-order valence-corrected chi connectivity index (χ3v) is 15.3. The minimum Gasteiger partial charge on any atom is -0.377 e. The lowest BCUT2D eigenvalue weighted by Gasteiger charge is -2.73. The number of carbonyl (C=O) groups excluding carboxylic acids is 1. The quantitative estimate of drug-likeness (QED) is 0.302. The number of benzene rings is 1. The Hall–Kier alpha value is -1.62. The summed E-state index contributed by atoms with van der Waals surface area (Å²) < 4.78 is 46.4. The van der Waals surface area contributed by atoms with Crippen LogP contribution >= 0.6 is 0 Å². The molecule has 5 saturated carbocycles. The summed E-state index contributed by atoms with van der Waals surface area (Å²) >= 11 is 0. The summed E-state index contributed by atoms with van der Waals surface area (Å²) in [4.78, 5) is 14.0. The highest BCUT2D eigenvalue weighted by Gasteiger charge is 2.73. The Balaban J connectivity index is 1.25. The van der Waals surface area contributed by atoms with E-state index in [0.717, 1.165) is 30.7 Å². The summed E-state index contributed by atoms with van der Waals surface area (Å²) in [5.74, 6) is 2.32. The fourth-order valence-corrected chi connectivity index (χ4v) is 12.9. The number of fused-ring (bicyclic) bond motifs is 5. The molecule has 0 radical (unpaired) electrons. The lowest BCUT2D eigenvalue weighted by molar-refractivity contribution is -0.236. The van der Waals surface area contributed by atoms with Crippen LogP contribution in [0.3, 0.4) is 0 Å². The van der Waals surface area contributed by atoms with E-state index in [1.807, 2.05) is 6.08 Å². The number of hydrogen-bond donors (Lipinski definition) is 0. The first-order valence-corrected chi connectivity index (χ1v) is 16.9. The van der Waals surface area contributed by atoms with Crippen LogP contribution in [0.15, 0.2) is 29.8 Å². The predicted molar refractivity (Wildman–Crippen MR) is 164 cm³/mol. The van der Waals surface area contributed by atoms with E-state index >= 15 is 0 Å². The van der Waals surface area contributed by atoms with Crippen molar-refractivity contribution in [3.05, 3.63) is 41.0 Å². The molecule has 1 aromatic rings. The number of hydrogen-bond acceptors (Lipinski definition) is 2. The van der Waals surface area contributed by atoms with E-state index in [1.165, 1.54) is 57.1 Å². The molecule has 9 atom stereocenters. The number of allylic oxidation sites excluding steroid dienone is 1. The first-order chi connectivity index (χ1) is 19.9. The summed E-state index contributed by atoms with van der Waals surface area (Å²) in [6.45, 7) is 17.8. The molecule has 1 heterocycles. The van der Waals surface area contributed by atoms with E-state index in [2.05, 4.69) is 48.5 Å². The summed E-state index contributed by atoms with van der Waals surface area (Å²) in [6, 6.07) is 5.30. The average Bonchev–Trinajstić information content (AvgIpc) is 3.26. The number of halogens is 3. The maximum atomic E-state index is 14.0. The smallest absolute Gasteiger partial charge is 0.377 e. The van der Waals surface area contributed by atoms with Crippen molar-refractivity contribution in [2.24, 2.45) is 56.2 Å². The molecule has 0 amide bonds. The molecule has 2 nitrogen and oxygen atoms in total. The van der Waals surface area contributed by atoms with Crippen molar-refractivity contribution in [3.8, 4) is 0 Å². The van der Waals surface area contributed by atoms with Gasteiger partial charge in [0, 0.05) is 5.41 Å². The molecule has 2 bridgehead atoms. The minimum absolute atomic E-state index is 0.0351. The molecule has 7 rings (SSSR count). The monoisotopic (exact) mass is 596 g/mol. The van der Waals surface area contributed by atoms with Crippen molar-refractivity contribution >= 4 is 11.9 Å². The van der Waals surface area contributed by atoms with Crippen LogP contribution in [0.5, 0.6) is 0 Å². The lowest BCUT2D eigenvalue weighted by atomic mass is 9.31. The number of ketones is 1. The van der Waals surface area contributed by atoms with Gasteiger partial charge in [-0.15, -0.1) is 0 Å². The Bertz CT molecular complexity index is 1360. The van der Waals surface area contributed by atoms with Crippen LogP contribution in [0, 0.1) is 56.2 Å². The van der Waals surface area contributed by atoms with Gasteiger partial charge in [-0.05, 0) is 138 Å². The predicted octanol–water partition coefficient (Wildman–Crippen LogP) is 10.2. The van der Waals surface area contributed by atoms with Gasteiger partial charge in [0.2, 0.25) is 0 Å². The van der Waals surface area contributed by atoms with Gasteiger partial charge in [0.25, 0.3) is 0 Å². The first kappa shape index (κ1) is 30.1. The largest absolute Gasteiger partial charge is 0.416 e. The van der Waals surface area contributed by atoms with Crippen molar-refractivity contribution in [3.63, 3.8) is 0 Å². The van der Waals surface area contributed by atoms with Crippen LogP contribution in [-0.4, -0.2) is 18.5 Å². The van der Waals surface area contributed by atoms with Gasteiger partial charge in [-0.3, -0.25) is 4.79 Å². The molecule has 1 aromatic carbocycles. The van der Waals surface area contributed by atoms with Crippen LogP contribution in [0.1, 0.15) is 117 Å². The Morgan fingerprint density at radius 1 is 0.814 bits per heavy atom. The van der Waals surface area contributed by atoms with Crippen LogP contribution in [0.25, 0.3) is 6.08 Å². The number of ether oxygens (including phenoxy) is 1. The number of alkyl halides is 3. The second-order valence-electron chi connectivity index (χ2n) is 17.8. The van der Waals surface area contributed by atoms with Crippen molar-refractivity contribution in [2.75, 3.05) is 6.61 Å². The highest BCUT2D eigenvalue weighted by molar-refractivity contribution is 6.04. The second-order valence-corrected chi connectivity index (χ2v) is 17.8. The van der Waals surface area contributed by atoms with Crippen LogP contribution in [0.4, 0.5) is 13.2 Å². The molecule has 5 heteroatoms. The third-order valence-electron chi connectivity index (χ3n) is 15.3. The normalized spacial score (nSPS) is 47.3. The van der Waals surface area contributed by atoms with Crippen molar-refractivity contribution in [1.29, 1.82) is 0 Å². The summed E-state index contributed by atoms with van der Waals surface area (Å²) in [6.07, 6.45) is 8.43. The number of rotatable bonds is 1. The van der Waals surface area contributed by atoms with Crippen molar-refractivity contribution < 1.29 is 22.7 Å². The third kappa shape index (κ3) is 3.91. The Labute approximate surface area is 256 Å². The maximum Gasteiger partial charge on any atom is 0.416 e. The Morgan fingerprint density at radius 3 is 2.16 bits per heavy atom. The van der Waals surface area contributed by atoms with E-state index in [1.54, 1.807) is 0 Å². The summed E-state index contributed by atoms with van der Waals surface area (Å²) in [5.41, 5.74) is 1.30. The molecule has 236 valence electrons. The molecule has 9 unspecified atom stereocenters. The van der Waals surface area contributed by atoms with Crippen LogP contribution in [0.2, 0.25) is 0 Å². The van der Waals surface area contributed by atoms with Gasteiger partial charge in [-0.1, -0.05) is 60.6 Å². The van der Waals surface area contributed by atoms with E-state index in [9.17, 15) is 18.0 Å². The fourth-order valence-electron chi connectivity index (χ4n) is 12.9. The van der Waals surface area contributed by atoms with Gasteiger partial charge >= 0.3 is 6.18 Å². The summed E-state index contributed by atoms with van der Waals surface area (Å²) in [5, 5.41) is 0. The zero-order valence-electron chi connectivity index (χ0n) is 27.3. The van der Waals surface area contributed by atoms with Crippen molar-refractivity contribution in [1.82, 2.24) is 0 Å². The van der Waals surface area contributed by atoms with Gasteiger partial charge in [0.05, 0.1) is 18.3 Å². The van der Waals surface area contributed by atoms with Crippen LogP contribution in [-0.2, 0) is 15.7 Å². The topological polar surface area (TPSA) is 26.3 Å². The van der Waals surface area contributed by atoms with Gasteiger partial charge in [0.1, 0.15) is 0 Å². The van der Waals surface area contributed by atoms with Gasteiger partial charge in [-0.25, -0.2) is 0 Å². The standard InChI is InChI=1S/C38H51F3O2/c1-32(2)16-18-37-19-17-35(6)26(29(37)31(32)43-22-37)12-13-28-34(5)21-24(20-23-8-10-25(11-9-23)38(39,40)41)30(42)33(3,4)27(34)14-15-36(28,35)7/h8-11,20,26-29,31H,12-19,21-22H2,1-7H3. The molecule has 1 saturated heterocycles. The van der Waals surface area contributed by atoms with Crippen LogP contribution < -0.4 is 0 Å². The zero-order chi connectivity index (χ0) is 31.0. The minimum atomic E-state index is -4.37. The first-order valence-electron chi connectivity index (χ1n) is 16.9. The molecule has 0 N–H and O–H groups in total. The number of Topliss-reactive ketones (excluding diaryl/α,β-unsaturated/α-hetero) is 1. The number of carbonyl (C=O) groups is 1. The highest BCUT2D eigenvalue weighted by atomic mass is 19.4. The molecule has 6 aliphatic rings. The summed E-state index contributed by atoms with van der Waals surface area (Å²) in [7, 11) is 0. The molecule has 1 aliphatic heterocycles. The highest BCUT2D eigenvalue weighted by Crippen LogP contribution is 2.78. The average molecular weight is 597 g/mol. The van der Waals surface area contributed by atoms with Crippen molar-refractivity contribution in [2.45, 2.75) is 119 Å². The Morgan fingerprint density at radius 2 is 1.49 bits per heavy atom. The molecule has 0 spiro atoms. The lowest BCUT2D eigenvalue weighted by Crippen LogP contribution is -2.67. The van der Waals surface area contributed by atoms with E-state index in [0.29, 0.717) is 47.2 Å². The SMILES string of the molecule is CC1(C)CCC23CCC4(C)C(CCC5C6(C)CC(=Cc7ccc(C(F)(F)F)cc7)C(=O)C(C)(C)C6CCC54C)C2C1OC3. The van der Waals surface area contributed by atoms with Gasteiger partial charge in [-0.2, -0.15) is 13.2 Å². The van der Waals surface area contributed by atoms with Gasteiger partial charge < -0.3 is 4.74 Å². The van der Waals surface area contributed by atoms with E-state index in [-0.39, 0.29) is 27.4 Å². The molecular weight excluding hydrogens is 545 g/mol. The fraction of sp³-hybridized carbons (Fsp3) is 0.763. The maximum absolute atomic E-state index is 14.0. The molecular formula is C38H51F3O2. The second kappa shape index (κ2) is 9.01. The Kier molecular flexibility index (Phi) is 6.30. The van der Waals surface area contributed by atoms with Gasteiger partial charge in [0.15, 0.2) is 5.78 Å². The zero-order valence-corrected chi connectivity index (χ0v) is 27.3. The molecule has 43 heavy (non-hydrogen) atoms.